The lowest BCUT2D eigenvalue weighted by molar-refractivity contribution is -0.120. The van der Waals surface area contributed by atoms with Crippen LogP contribution in [0.5, 0.6) is 0 Å². The Morgan fingerprint density at radius 1 is 1.43 bits per heavy atom. The Morgan fingerprint density at radius 2 is 2.05 bits per heavy atom. The van der Waals surface area contributed by atoms with Gasteiger partial charge in [-0.15, -0.1) is 6.42 Å². The maximum absolute atomic E-state index is 12.4. The maximum atomic E-state index is 12.4. The summed E-state index contributed by atoms with van der Waals surface area (Å²) in [5, 5.41) is 9.86. The van der Waals surface area contributed by atoms with Gasteiger partial charge in [0.05, 0.1) is 17.0 Å². The van der Waals surface area contributed by atoms with Gasteiger partial charge in [0.15, 0.2) is 9.84 Å². The number of carbonyl (C=O) groups is 2. The molecule has 0 aliphatic carbocycles. The van der Waals surface area contributed by atoms with E-state index in [4.69, 9.17) is 11.5 Å². The van der Waals surface area contributed by atoms with Gasteiger partial charge in [-0.3, -0.25) is 4.79 Å². The second-order valence-corrected chi connectivity index (χ2v) is 6.63. The van der Waals surface area contributed by atoms with E-state index < -0.39 is 27.0 Å². The summed E-state index contributed by atoms with van der Waals surface area (Å²) in [4.78, 5) is 22.5. The van der Waals surface area contributed by atoms with Crippen LogP contribution in [0.2, 0.25) is 0 Å². The maximum Gasteiger partial charge on any atom is 0.335 e. The van der Waals surface area contributed by atoms with E-state index in [-0.39, 0.29) is 17.0 Å². The number of carboxylic acids is 1. The lowest BCUT2D eigenvalue weighted by Gasteiger charge is -2.14. The van der Waals surface area contributed by atoms with Gasteiger partial charge in [0.25, 0.3) is 0 Å². The summed E-state index contributed by atoms with van der Waals surface area (Å²) in [6.45, 7) is 2.69. The van der Waals surface area contributed by atoms with Gasteiger partial charge >= 0.3 is 5.97 Å². The predicted molar refractivity (Wildman–Crippen MR) is 76.6 cm³/mol. The van der Waals surface area contributed by atoms with Crippen LogP contribution in [0.15, 0.2) is 23.1 Å². The van der Waals surface area contributed by atoms with E-state index in [0.717, 1.165) is 6.07 Å². The minimum atomic E-state index is -4.00. The monoisotopic (exact) mass is 309 g/mol. The summed E-state index contributed by atoms with van der Waals surface area (Å²) in [5.41, 5.74) is 0.215. The van der Waals surface area contributed by atoms with E-state index >= 15 is 0 Å². The van der Waals surface area contributed by atoms with E-state index in [0.29, 0.717) is 5.56 Å². The number of carbonyl (C=O) groups excluding carboxylic acids is 1. The second-order valence-electron chi connectivity index (χ2n) is 4.39. The standard InChI is InChI=1S/C14H15NO5S/c1-4-7-15-13(16)10(3)21(19,20)12-8-11(14(17)18)6-5-9(12)2/h1,5-6,8,10H,7H2,2-3H3,(H,15,16)(H,17,18). The van der Waals surface area contributed by atoms with Gasteiger partial charge < -0.3 is 10.4 Å². The molecular formula is C14H15NO5S. The van der Waals surface area contributed by atoms with E-state index in [2.05, 4.69) is 11.2 Å². The van der Waals surface area contributed by atoms with E-state index in [1.54, 1.807) is 0 Å². The van der Waals surface area contributed by atoms with Crippen molar-refractivity contribution in [2.24, 2.45) is 0 Å². The summed E-state index contributed by atoms with van der Waals surface area (Å²) in [7, 11) is -4.00. The van der Waals surface area contributed by atoms with E-state index in [1.807, 2.05) is 0 Å². The third kappa shape index (κ3) is 3.61. The molecule has 2 N–H and O–H groups in total. The van der Waals surface area contributed by atoms with Crippen molar-refractivity contribution in [2.75, 3.05) is 6.54 Å². The molecule has 0 spiro atoms. The molecule has 1 atom stereocenters. The number of aryl methyl sites for hydroxylation is 1. The first-order valence-electron chi connectivity index (χ1n) is 6.00. The van der Waals surface area contributed by atoms with E-state index in [1.165, 1.54) is 26.0 Å². The van der Waals surface area contributed by atoms with Gasteiger partial charge in [-0.1, -0.05) is 12.0 Å². The Kier molecular flexibility index (Phi) is 5.11. The van der Waals surface area contributed by atoms with Crippen LogP contribution in [0, 0.1) is 19.3 Å². The zero-order valence-corrected chi connectivity index (χ0v) is 12.4. The lowest BCUT2D eigenvalue weighted by Crippen LogP contribution is -2.38. The minimum absolute atomic E-state index is 0.0765. The Bertz CT molecular complexity index is 715. The normalized spacial score (nSPS) is 12.2. The largest absolute Gasteiger partial charge is 0.478 e. The first-order valence-corrected chi connectivity index (χ1v) is 7.55. The third-order valence-corrected chi connectivity index (χ3v) is 5.14. The van der Waals surface area contributed by atoms with Crippen molar-refractivity contribution in [3.63, 3.8) is 0 Å². The molecule has 0 aromatic heterocycles. The summed E-state index contributed by atoms with van der Waals surface area (Å²) in [6.07, 6.45) is 4.99. The molecule has 1 unspecified atom stereocenters. The van der Waals surface area contributed by atoms with Crippen molar-refractivity contribution in [3.05, 3.63) is 29.3 Å². The Morgan fingerprint density at radius 3 is 2.57 bits per heavy atom. The predicted octanol–water partition coefficient (Wildman–Crippen LogP) is 0.605. The molecule has 1 amide bonds. The topological polar surface area (TPSA) is 101 Å². The molecule has 112 valence electrons. The van der Waals surface area contributed by atoms with E-state index in [9.17, 15) is 18.0 Å². The molecular weight excluding hydrogens is 294 g/mol. The fourth-order valence-corrected chi connectivity index (χ4v) is 3.21. The molecule has 1 aromatic rings. The number of aromatic carboxylic acids is 1. The SMILES string of the molecule is C#CCNC(=O)C(C)S(=O)(=O)c1cc(C(=O)O)ccc1C. The molecule has 0 bridgehead atoms. The molecule has 1 rings (SSSR count). The number of sulfone groups is 1. The van der Waals surface area contributed by atoms with Gasteiger partial charge in [-0.25, -0.2) is 13.2 Å². The summed E-state index contributed by atoms with van der Waals surface area (Å²) in [6, 6.07) is 3.75. The number of carboxylic acid groups (broad SMARTS) is 1. The number of hydrogen-bond donors (Lipinski definition) is 2. The third-order valence-electron chi connectivity index (χ3n) is 2.94. The number of terminal acetylenes is 1. The van der Waals surface area contributed by atoms with Crippen LogP contribution in [0.3, 0.4) is 0 Å². The van der Waals surface area contributed by atoms with Crippen molar-refractivity contribution in [3.8, 4) is 12.3 Å². The molecule has 0 saturated heterocycles. The van der Waals surface area contributed by atoms with Crippen molar-refractivity contribution < 1.29 is 23.1 Å². The summed E-state index contributed by atoms with van der Waals surface area (Å²) < 4.78 is 24.9. The van der Waals surface area contributed by atoms with Gasteiger partial charge in [0, 0.05) is 0 Å². The fourth-order valence-electron chi connectivity index (χ4n) is 1.65. The highest BCUT2D eigenvalue weighted by Crippen LogP contribution is 2.22. The van der Waals surface area contributed by atoms with Crippen molar-refractivity contribution in [2.45, 2.75) is 24.0 Å². The highest BCUT2D eigenvalue weighted by atomic mass is 32.2. The van der Waals surface area contributed by atoms with Crippen LogP contribution in [0.25, 0.3) is 0 Å². The zero-order valence-electron chi connectivity index (χ0n) is 11.6. The van der Waals surface area contributed by atoms with Crippen LogP contribution in [-0.2, 0) is 14.6 Å². The second kappa shape index (κ2) is 6.41. The molecule has 0 fully saturated rings. The first-order chi connectivity index (χ1) is 9.71. The van der Waals surface area contributed by atoms with Crippen LogP contribution < -0.4 is 5.32 Å². The average molecular weight is 309 g/mol. The van der Waals surface area contributed by atoms with Gasteiger partial charge in [-0.2, -0.15) is 0 Å². The molecule has 0 aliphatic heterocycles. The van der Waals surface area contributed by atoms with Crippen LogP contribution in [0.4, 0.5) is 0 Å². The molecule has 6 nitrogen and oxygen atoms in total. The number of nitrogens with one attached hydrogen (secondary N) is 1. The van der Waals surface area contributed by atoms with Gasteiger partial charge in [0.1, 0.15) is 5.25 Å². The summed E-state index contributed by atoms with van der Waals surface area (Å²) in [5.74, 6) is 0.207. The Labute approximate surface area is 123 Å². The fraction of sp³-hybridized carbons (Fsp3) is 0.286. The molecule has 0 heterocycles. The van der Waals surface area contributed by atoms with Crippen LogP contribution in [0.1, 0.15) is 22.8 Å². The summed E-state index contributed by atoms with van der Waals surface area (Å²) >= 11 is 0. The van der Waals surface area contributed by atoms with Crippen LogP contribution >= 0.6 is 0 Å². The number of amides is 1. The van der Waals surface area contributed by atoms with Crippen molar-refractivity contribution in [1.29, 1.82) is 0 Å². The Hall–Kier alpha value is -2.33. The zero-order chi connectivity index (χ0) is 16.2. The highest BCUT2D eigenvalue weighted by Gasteiger charge is 2.31. The number of hydrogen-bond acceptors (Lipinski definition) is 4. The average Bonchev–Trinajstić information content (AvgIpc) is 2.43. The minimum Gasteiger partial charge on any atom is -0.478 e. The quantitative estimate of drug-likeness (QED) is 0.776. The molecule has 0 aliphatic rings. The number of benzene rings is 1. The molecule has 1 aromatic carbocycles. The van der Waals surface area contributed by atoms with Crippen LogP contribution in [-0.4, -0.2) is 37.2 Å². The van der Waals surface area contributed by atoms with Crippen molar-refractivity contribution >= 4 is 21.7 Å². The van der Waals surface area contributed by atoms with Gasteiger partial charge in [-0.05, 0) is 31.5 Å². The number of rotatable bonds is 5. The lowest BCUT2D eigenvalue weighted by atomic mass is 10.1. The smallest absolute Gasteiger partial charge is 0.335 e. The molecule has 21 heavy (non-hydrogen) atoms. The molecule has 7 heteroatoms. The first kappa shape index (κ1) is 16.7. The van der Waals surface area contributed by atoms with Gasteiger partial charge in [0.2, 0.25) is 5.91 Å². The Balaban J connectivity index is 3.25. The van der Waals surface area contributed by atoms with Crippen molar-refractivity contribution in [1.82, 2.24) is 5.32 Å². The molecule has 0 radical (unpaired) electrons. The highest BCUT2D eigenvalue weighted by molar-refractivity contribution is 7.92. The molecule has 0 saturated carbocycles.